The number of hydrogen-bond acceptors (Lipinski definition) is 3. The minimum Gasteiger partial charge on any atom is -0.325 e. The van der Waals surface area contributed by atoms with Gasteiger partial charge in [-0.3, -0.25) is 14.5 Å². The van der Waals surface area contributed by atoms with Gasteiger partial charge in [0.15, 0.2) is 0 Å². The fraction of sp³-hybridized carbons (Fsp3) is 0.300. The third kappa shape index (κ3) is 5.68. The van der Waals surface area contributed by atoms with Crippen LogP contribution in [0.25, 0.3) is 0 Å². The van der Waals surface area contributed by atoms with Crippen LogP contribution in [0.3, 0.4) is 0 Å². The number of carbonyl (C=O) groups is 2. The Kier molecular flexibility index (Phi) is 6.94. The molecule has 0 aliphatic carbocycles. The van der Waals surface area contributed by atoms with Crippen LogP contribution in [0.1, 0.15) is 18.1 Å². The summed E-state index contributed by atoms with van der Waals surface area (Å²) in [5.41, 5.74) is 3.61. The summed E-state index contributed by atoms with van der Waals surface area (Å²) in [6.45, 7) is 5.84. The molecule has 5 nitrogen and oxygen atoms in total. The van der Waals surface area contributed by atoms with Gasteiger partial charge < -0.3 is 10.6 Å². The summed E-state index contributed by atoms with van der Waals surface area (Å²) < 4.78 is 0.948. The number of nitrogens with zero attached hydrogens (tertiary/aromatic N) is 1. The Morgan fingerprint density at radius 3 is 2.38 bits per heavy atom. The number of halogens is 1. The number of amides is 2. The smallest absolute Gasteiger partial charge is 0.241 e. The van der Waals surface area contributed by atoms with E-state index in [0.29, 0.717) is 0 Å². The minimum absolute atomic E-state index is 0.127. The van der Waals surface area contributed by atoms with Gasteiger partial charge in [0.1, 0.15) is 0 Å². The summed E-state index contributed by atoms with van der Waals surface area (Å²) in [5.74, 6) is -0.307. The lowest BCUT2D eigenvalue weighted by Gasteiger charge is -2.23. The van der Waals surface area contributed by atoms with Crippen molar-refractivity contribution in [3.63, 3.8) is 0 Å². The highest BCUT2D eigenvalue weighted by atomic mass is 79.9. The van der Waals surface area contributed by atoms with Gasteiger partial charge in [0.2, 0.25) is 11.8 Å². The molecule has 0 bridgehead atoms. The predicted molar refractivity (Wildman–Crippen MR) is 109 cm³/mol. The van der Waals surface area contributed by atoms with Crippen LogP contribution >= 0.6 is 15.9 Å². The fourth-order valence-electron chi connectivity index (χ4n) is 2.40. The molecule has 138 valence electrons. The van der Waals surface area contributed by atoms with Crippen molar-refractivity contribution in [1.29, 1.82) is 0 Å². The number of nitrogens with one attached hydrogen (secondary N) is 2. The van der Waals surface area contributed by atoms with Crippen LogP contribution in [0.15, 0.2) is 46.9 Å². The van der Waals surface area contributed by atoms with E-state index in [2.05, 4.69) is 26.6 Å². The lowest BCUT2D eigenvalue weighted by atomic mass is 10.1. The van der Waals surface area contributed by atoms with E-state index < -0.39 is 6.04 Å². The first-order valence-electron chi connectivity index (χ1n) is 8.40. The molecule has 1 unspecified atom stereocenters. The molecule has 2 rings (SSSR count). The Bertz CT molecular complexity index is 790. The molecule has 2 aromatic carbocycles. The molecule has 0 radical (unpaired) electrons. The molecule has 0 spiro atoms. The molecule has 6 heteroatoms. The Morgan fingerprint density at radius 2 is 1.73 bits per heavy atom. The topological polar surface area (TPSA) is 61.4 Å². The maximum absolute atomic E-state index is 12.4. The van der Waals surface area contributed by atoms with E-state index in [4.69, 9.17) is 0 Å². The zero-order valence-corrected chi connectivity index (χ0v) is 17.1. The van der Waals surface area contributed by atoms with Gasteiger partial charge in [-0.15, -0.1) is 0 Å². The molecular formula is C20H24BrN3O2. The Morgan fingerprint density at radius 1 is 1.08 bits per heavy atom. The van der Waals surface area contributed by atoms with Crippen LogP contribution in [-0.2, 0) is 9.59 Å². The molecule has 0 fully saturated rings. The van der Waals surface area contributed by atoms with E-state index >= 15 is 0 Å². The van der Waals surface area contributed by atoms with Crippen molar-refractivity contribution in [3.8, 4) is 0 Å². The lowest BCUT2D eigenvalue weighted by Crippen LogP contribution is -2.43. The average Bonchev–Trinajstić information content (AvgIpc) is 2.59. The van der Waals surface area contributed by atoms with Crippen LogP contribution in [0.4, 0.5) is 11.4 Å². The molecule has 0 aliphatic heterocycles. The third-order valence-electron chi connectivity index (χ3n) is 4.21. The van der Waals surface area contributed by atoms with E-state index in [9.17, 15) is 9.59 Å². The second-order valence-corrected chi connectivity index (χ2v) is 7.37. The van der Waals surface area contributed by atoms with Crippen LogP contribution in [0.5, 0.6) is 0 Å². The third-order valence-corrected chi connectivity index (χ3v) is 4.74. The number of aryl methyl sites for hydroxylation is 2. The van der Waals surface area contributed by atoms with Crippen molar-refractivity contribution >= 4 is 39.1 Å². The van der Waals surface area contributed by atoms with Gasteiger partial charge in [0.25, 0.3) is 0 Å². The molecule has 0 heterocycles. The molecule has 26 heavy (non-hydrogen) atoms. The van der Waals surface area contributed by atoms with Gasteiger partial charge >= 0.3 is 0 Å². The van der Waals surface area contributed by atoms with E-state index in [1.165, 1.54) is 0 Å². The lowest BCUT2D eigenvalue weighted by molar-refractivity contribution is -0.122. The van der Waals surface area contributed by atoms with Crippen molar-refractivity contribution < 1.29 is 9.59 Å². The number of rotatable bonds is 6. The highest BCUT2D eigenvalue weighted by Crippen LogP contribution is 2.17. The molecule has 2 N–H and O–H groups in total. The van der Waals surface area contributed by atoms with Gasteiger partial charge in [-0.1, -0.05) is 28.1 Å². The summed E-state index contributed by atoms with van der Waals surface area (Å²) in [4.78, 5) is 26.4. The highest BCUT2D eigenvalue weighted by molar-refractivity contribution is 9.10. The van der Waals surface area contributed by atoms with Crippen molar-refractivity contribution in [2.75, 3.05) is 24.2 Å². The number of likely N-dealkylation sites (N-methyl/N-ethyl adjacent to an activating group) is 1. The summed E-state index contributed by atoms with van der Waals surface area (Å²) in [5, 5.41) is 5.77. The first-order valence-corrected chi connectivity index (χ1v) is 9.19. The molecule has 0 saturated carbocycles. The standard InChI is InChI=1S/C20H24BrN3O2/c1-13-5-6-14(2)18(11-13)23-19(25)12-24(4)15(3)20(26)22-17-9-7-16(21)8-10-17/h5-11,15H,12H2,1-4H3,(H,22,26)(H,23,25). The van der Waals surface area contributed by atoms with Crippen LogP contribution in [0.2, 0.25) is 0 Å². The van der Waals surface area contributed by atoms with Gasteiger partial charge in [-0.25, -0.2) is 0 Å². The molecular weight excluding hydrogens is 394 g/mol. The maximum atomic E-state index is 12.4. The van der Waals surface area contributed by atoms with E-state index in [1.807, 2.05) is 56.3 Å². The van der Waals surface area contributed by atoms with E-state index in [1.54, 1.807) is 18.9 Å². The van der Waals surface area contributed by atoms with Gasteiger partial charge in [-0.05, 0) is 69.3 Å². The van der Waals surface area contributed by atoms with Gasteiger partial charge in [0, 0.05) is 15.8 Å². The molecule has 0 aliphatic rings. The Labute approximate surface area is 162 Å². The molecule has 2 aromatic rings. The number of carbonyl (C=O) groups excluding carboxylic acids is 2. The maximum Gasteiger partial charge on any atom is 0.241 e. The van der Waals surface area contributed by atoms with Crippen LogP contribution < -0.4 is 10.6 Å². The van der Waals surface area contributed by atoms with Crippen molar-refractivity contribution in [1.82, 2.24) is 4.90 Å². The van der Waals surface area contributed by atoms with Crippen LogP contribution in [0, 0.1) is 13.8 Å². The monoisotopic (exact) mass is 417 g/mol. The summed E-state index contributed by atoms with van der Waals surface area (Å²) in [7, 11) is 1.76. The SMILES string of the molecule is Cc1ccc(C)c(NC(=O)CN(C)C(C)C(=O)Nc2ccc(Br)cc2)c1. The van der Waals surface area contributed by atoms with Crippen LogP contribution in [-0.4, -0.2) is 36.3 Å². The normalized spacial score (nSPS) is 11.9. The second-order valence-electron chi connectivity index (χ2n) is 6.45. The number of anilines is 2. The molecule has 0 saturated heterocycles. The van der Waals surface area contributed by atoms with E-state index in [-0.39, 0.29) is 18.4 Å². The first kappa shape index (κ1) is 20.1. The minimum atomic E-state index is -0.442. The summed E-state index contributed by atoms with van der Waals surface area (Å²) >= 11 is 3.36. The predicted octanol–water partition coefficient (Wildman–Crippen LogP) is 3.96. The average molecular weight is 418 g/mol. The fourth-order valence-corrected chi connectivity index (χ4v) is 2.67. The van der Waals surface area contributed by atoms with Crippen molar-refractivity contribution in [3.05, 3.63) is 58.1 Å². The van der Waals surface area contributed by atoms with Crippen molar-refractivity contribution in [2.24, 2.45) is 0 Å². The van der Waals surface area contributed by atoms with Gasteiger partial charge in [-0.2, -0.15) is 0 Å². The summed E-state index contributed by atoms with van der Waals surface area (Å²) in [6, 6.07) is 12.8. The zero-order valence-electron chi connectivity index (χ0n) is 15.5. The molecule has 1 atom stereocenters. The zero-order chi connectivity index (χ0) is 19.3. The first-order chi connectivity index (χ1) is 12.3. The highest BCUT2D eigenvalue weighted by Gasteiger charge is 2.20. The van der Waals surface area contributed by atoms with Gasteiger partial charge in [0.05, 0.1) is 12.6 Å². The quantitative estimate of drug-likeness (QED) is 0.747. The van der Waals surface area contributed by atoms with Crippen molar-refractivity contribution in [2.45, 2.75) is 26.8 Å². The summed E-state index contributed by atoms with van der Waals surface area (Å²) in [6.07, 6.45) is 0. The molecule has 2 amide bonds. The number of hydrogen-bond donors (Lipinski definition) is 2. The largest absolute Gasteiger partial charge is 0.325 e. The second kappa shape index (κ2) is 8.96. The number of benzene rings is 2. The van der Waals surface area contributed by atoms with E-state index in [0.717, 1.165) is 27.0 Å². The molecule has 0 aromatic heterocycles. The Hall–Kier alpha value is -2.18. The Balaban J connectivity index is 1.91.